The molecule has 27 heavy (non-hydrogen) atoms. The molecule has 2 aromatic carbocycles. The van der Waals surface area contributed by atoms with Crippen LogP contribution < -0.4 is 16.0 Å². The Morgan fingerprint density at radius 1 is 0.852 bits per heavy atom. The van der Waals surface area contributed by atoms with E-state index in [4.69, 9.17) is 0 Å². The third-order valence-corrected chi connectivity index (χ3v) is 3.64. The molecule has 0 bridgehead atoms. The van der Waals surface area contributed by atoms with E-state index in [1.807, 2.05) is 31.2 Å². The van der Waals surface area contributed by atoms with Gasteiger partial charge in [0.1, 0.15) is 12.1 Å². The highest BCUT2D eigenvalue weighted by Crippen LogP contribution is 2.20. The molecule has 7 nitrogen and oxygen atoms in total. The van der Waals surface area contributed by atoms with Gasteiger partial charge in [-0.2, -0.15) is 0 Å². The molecular weight excluding hydrogens is 342 g/mol. The second kappa shape index (κ2) is 8.09. The van der Waals surface area contributed by atoms with Crippen molar-refractivity contribution in [2.24, 2.45) is 0 Å². The molecule has 2 amide bonds. The van der Waals surface area contributed by atoms with E-state index < -0.39 is 0 Å². The number of benzene rings is 2. The zero-order valence-electron chi connectivity index (χ0n) is 15.0. The summed E-state index contributed by atoms with van der Waals surface area (Å²) >= 11 is 0. The maximum atomic E-state index is 12.5. The van der Waals surface area contributed by atoms with Crippen molar-refractivity contribution < 1.29 is 9.59 Å². The predicted molar refractivity (Wildman–Crippen MR) is 105 cm³/mol. The van der Waals surface area contributed by atoms with Gasteiger partial charge in [0.15, 0.2) is 0 Å². The maximum Gasteiger partial charge on any atom is 0.255 e. The molecule has 0 saturated heterocycles. The lowest BCUT2D eigenvalue weighted by molar-refractivity contribution is -0.114. The highest BCUT2D eigenvalue weighted by Gasteiger charge is 2.08. The van der Waals surface area contributed by atoms with Crippen LogP contribution in [0, 0.1) is 6.92 Å². The van der Waals surface area contributed by atoms with Gasteiger partial charge in [-0.05, 0) is 43.3 Å². The SMILES string of the molecule is CC(=O)Nc1cccc(C(=O)Nc2cccc(Nc3cc(C)ncn3)c2)c1. The van der Waals surface area contributed by atoms with Crippen LogP contribution in [0.5, 0.6) is 0 Å². The fourth-order valence-corrected chi connectivity index (χ4v) is 2.49. The summed E-state index contributed by atoms with van der Waals surface area (Å²) < 4.78 is 0. The third-order valence-electron chi connectivity index (χ3n) is 3.64. The van der Waals surface area contributed by atoms with Gasteiger partial charge in [0.2, 0.25) is 5.91 Å². The van der Waals surface area contributed by atoms with E-state index in [0.29, 0.717) is 22.8 Å². The molecule has 3 aromatic rings. The van der Waals surface area contributed by atoms with Crippen molar-refractivity contribution in [3.8, 4) is 0 Å². The number of nitrogens with one attached hydrogen (secondary N) is 3. The van der Waals surface area contributed by atoms with Crippen LogP contribution in [0.2, 0.25) is 0 Å². The lowest BCUT2D eigenvalue weighted by Gasteiger charge is -2.10. The van der Waals surface area contributed by atoms with Crippen LogP contribution in [0.1, 0.15) is 23.0 Å². The average Bonchev–Trinajstić information content (AvgIpc) is 2.62. The van der Waals surface area contributed by atoms with E-state index >= 15 is 0 Å². The van der Waals surface area contributed by atoms with Crippen LogP contribution in [0.25, 0.3) is 0 Å². The number of hydrogen-bond acceptors (Lipinski definition) is 5. The van der Waals surface area contributed by atoms with Crippen LogP contribution in [0.4, 0.5) is 22.9 Å². The molecule has 136 valence electrons. The van der Waals surface area contributed by atoms with Gasteiger partial charge in [0.25, 0.3) is 5.91 Å². The first-order valence-corrected chi connectivity index (χ1v) is 8.34. The molecule has 0 atom stereocenters. The Bertz CT molecular complexity index is 987. The molecule has 1 heterocycles. The number of aromatic nitrogens is 2. The molecule has 0 aliphatic carbocycles. The molecule has 0 saturated carbocycles. The molecule has 0 aliphatic rings. The number of amides is 2. The first kappa shape index (κ1) is 18.1. The topological polar surface area (TPSA) is 96.0 Å². The highest BCUT2D eigenvalue weighted by molar-refractivity contribution is 6.05. The van der Waals surface area contributed by atoms with Crippen LogP contribution in [-0.2, 0) is 4.79 Å². The molecule has 7 heteroatoms. The van der Waals surface area contributed by atoms with E-state index in [2.05, 4.69) is 25.9 Å². The second-order valence-corrected chi connectivity index (χ2v) is 5.97. The fraction of sp³-hybridized carbons (Fsp3) is 0.100. The Hall–Kier alpha value is -3.74. The van der Waals surface area contributed by atoms with Crippen LogP contribution in [-0.4, -0.2) is 21.8 Å². The van der Waals surface area contributed by atoms with Crippen molar-refractivity contribution in [3.05, 3.63) is 72.2 Å². The standard InChI is InChI=1S/C20H19N5O2/c1-13-9-19(22-12-21-13)24-17-7-4-8-18(11-17)25-20(27)15-5-3-6-16(10-15)23-14(2)26/h3-12H,1-2H3,(H,23,26)(H,25,27)(H,21,22,24). The molecule has 0 fully saturated rings. The maximum absolute atomic E-state index is 12.5. The number of hydrogen-bond donors (Lipinski definition) is 3. The van der Waals surface area contributed by atoms with Gasteiger partial charge in [-0.25, -0.2) is 9.97 Å². The normalized spacial score (nSPS) is 10.1. The fourth-order valence-electron chi connectivity index (χ4n) is 2.49. The number of rotatable bonds is 5. The van der Waals surface area contributed by atoms with Gasteiger partial charge < -0.3 is 16.0 Å². The molecule has 0 spiro atoms. The minimum Gasteiger partial charge on any atom is -0.340 e. The molecule has 0 radical (unpaired) electrons. The van der Waals surface area contributed by atoms with Crippen molar-refractivity contribution in [2.75, 3.05) is 16.0 Å². The summed E-state index contributed by atoms with van der Waals surface area (Å²) in [6.07, 6.45) is 1.49. The van der Waals surface area contributed by atoms with Crippen LogP contribution >= 0.6 is 0 Å². The van der Waals surface area contributed by atoms with Gasteiger partial charge in [-0.15, -0.1) is 0 Å². The Balaban J connectivity index is 1.72. The van der Waals surface area contributed by atoms with Crippen molar-refractivity contribution >= 4 is 34.7 Å². The van der Waals surface area contributed by atoms with Gasteiger partial charge in [-0.1, -0.05) is 12.1 Å². The average molecular weight is 361 g/mol. The van der Waals surface area contributed by atoms with E-state index in [1.54, 1.807) is 30.3 Å². The minimum absolute atomic E-state index is 0.189. The molecule has 0 aliphatic heterocycles. The summed E-state index contributed by atoms with van der Waals surface area (Å²) in [5.41, 5.74) is 3.31. The first-order valence-electron chi connectivity index (χ1n) is 8.34. The Labute approximate surface area is 156 Å². The number of nitrogens with zero attached hydrogens (tertiary/aromatic N) is 2. The highest BCUT2D eigenvalue weighted by atomic mass is 16.2. The third kappa shape index (κ3) is 5.12. The van der Waals surface area contributed by atoms with Crippen molar-refractivity contribution in [3.63, 3.8) is 0 Å². The van der Waals surface area contributed by atoms with Gasteiger partial charge in [0, 0.05) is 41.3 Å². The Kier molecular flexibility index (Phi) is 5.41. The van der Waals surface area contributed by atoms with Gasteiger partial charge in [-0.3, -0.25) is 9.59 Å². The molecule has 3 N–H and O–H groups in total. The number of carbonyl (C=O) groups excluding carboxylic acids is 2. The van der Waals surface area contributed by atoms with E-state index in [9.17, 15) is 9.59 Å². The van der Waals surface area contributed by atoms with Crippen molar-refractivity contribution in [2.45, 2.75) is 13.8 Å². The van der Waals surface area contributed by atoms with Gasteiger partial charge in [0.05, 0.1) is 0 Å². The van der Waals surface area contributed by atoms with Crippen LogP contribution in [0.15, 0.2) is 60.9 Å². The second-order valence-electron chi connectivity index (χ2n) is 5.97. The largest absolute Gasteiger partial charge is 0.340 e. The Morgan fingerprint density at radius 3 is 2.30 bits per heavy atom. The lowest BCUT2D eigenvalue weighted by atomic mass is 10.1. The minimum atomic E-state index is -0.266. The summed E-state index contributed by atoms with van der Waals surface area (Å²) in [6, 6.07) is 15.9. The zero-order valence-corrected chi connectivity index (χ0v) is 15.0. The lowest BCUT2D eigenvalue weighted by Crippen LogP contribution is -2.13. The van der Waals surface area contributed by atoms with Gasteiger partial charge >= 0.3 is 0 Å². The quantitative estimate of drug-likeness (QED) is 0.643. The molecule has 0 unspecified atom stereocenters. The predicted octanol–water partition coefficient (Wildman–Crippen LogP) is 3.74. The van der Waals surface area contributed by atoms with E-state index in [0.717, 1.165) is 11.4 Å². The molecule has 3 rings (SSSR count). The van der Waals surface area contributed by atoms with Crippen LogP contribution in [0.3, 0.4) is 0 Å². The summed E-state index contributed by atoms with van der Waals surface area (Å²) in [5, 5.41) is 8.69. The number of carbonyl (C=O) groups is 2. The first-order chi connectivity index (χ1) is 13.0. The summed E-state index contributed by atoms with van der Waals surface area (Å²) in [5.74, 6) is 0.220. The monoisotopic (exact) mass is 361 g/mol. The van der Waals surface area contributed by atoms with E-state index in [1.165, 1.54) is 13.3 Å². The number of anilines is 4. The summed E-state index contributed by atoms with van der Waals surface area (Å²) in [7, 11) is 0. The van der Waals surface area contributed by atoms with E-state index in [-0.39, 0.29) is 11.8 Å². The molecule has 1 aromatic heterocycles. The summed E-state index contributed by atoms with van der Waals surface area (Å²) in [6.45, 7) is 3.31. The summed E-state index contributed by atoms with van der Waals surface area (Å²) in [4.78, 5) is 31.9. The number of aryl methyl sites for hydroxylation is 1. The Morgan fingerprint density at radius 2 is 1.56 bits per heavy atom. The molecular formula is C20H19N5O2. The zero-order chi connectivity index (χ0) is 19.2. The van der Waals surface area contributed by atoms with Crippen molar-refractivity contribution in [1.29, 1.82) is 0 Å². The smallest absolute Gasteiger partial charge is 0.255 e. The van der Waals surface area contributed by atoms with Crippen molar-refractivity contribution in [1.82, 2.24) is 9.97 Å².